The van der Waals surface area contributed by atoms with Gasteiger partial charge in [0.25, 0.3) is 0 Å². The van der Waals surface area contributed by atoms with E-state index in [0.717, 1.165) is 5.70 Å². The van der Waals surface area contributed by atoms with Crippen molar-refractivity contribution in [1.82, 2.24) is 0 Å². The van der Waals surface area contributed by atoms with E-state index >= 15 is 0 Å². The molecule has 0 aromatic heterocycles. The molecule has 1 atom stereocenters. The first-order chi connectivity index (χ1) is 19.0. The zero-order valence-corrected chi connectivity index (χ0v) is 26.9. The quantitative estimate of drug-likeness (QED) is 0.272. The van der Waals surface area contributed by atoms with Gasteiger partial charge in [0.05, 0.1) is 0 Å². The van der Waals surface area contributed by atoms with Gasteiger partial charge in [0.1, 0.15) is 0 Å². The Bertz CT molecular complexity index is 1440. The summed E-state index contributed by atoms with van der Waals surface area (Å²) in [7, 11) is -2.60. The summed E-state index contributed by atoms with van der Waals surface area (Å²) in [5.74, 6) is 1.64. The molecule has 0 bridgehead atoms. The molecule has 5 rings (SSSR count). The first kappa shape index (κ1) is 28.2. The highest BCUT2D eigenvalue weighted by Gasteiger charge is 2.63. The molecule has 0 aliphatic carbocycles. The highest BCUT2D eigenvalue weighted by Crippen LogP contribution is 2.57. The van der Waals surface area contributed by atoms with Crippen LogP contribution in [0.25, 0.3) is 5.20 Å². The van der Waals surface area contributed by atoms with E-state index in [1.165, 1.54) is 50.1 Å². The normalized spacial score (nSPS) is 18.9. The summed E-state index contributed by atoms with van der Waals surface area (Å²) < 4.78 is 5.48. The molecule has 0 unspecified atom stereocenters. The van der Waals surface area contributed by atoms with Crippen LogP contribution in [0.3, 0.4) is 0 Å². The molecule has 3 aromatic carbocycles. The zero-order valence-electron chi connectivity index (χ0n) is 25.9. The fourth-order valence-corrected chi connectivity index (χ4v) is 11.3. The molecule has 0 saturated heterocycles. The summed E-state index contributed by atoms with van der Waals surface area (Å²) in [6.45, 7) is 25.7. The van der Waals surface area contributed by atoms with Crippen LogP contribution in [-0.4, -0.2) is 8.40 Å². The molecule has 3 heteroatoms. The van der Waals surface area contributed by atoms with Crippen molar-refractivity contribution < 1.29 is 0 Å². The smallest absolute Gasteiger partial charge is 0.332 e. The number of allylic oxidation sites excluding steroid dienone is 2. The topological polar surface area (TPSA) is 6.48 Å². The number of hydrogen-bond donors (Lipinski definition) is 0. The highest BCUT2D eigenvalue weighted by molar-refractivity contribution is 7.17. The SMILES string of the molecule is C=C1C=C(C)N(c2c(C(C)C)cccc2C(C)C)[Si@@]2(C=C2c2ccccc2)N1c1c(C(C)C)cccc1C(C)C. The fourth-order valence-electron chi connectivity index (χ4n) is 6.61. The van der Waals surface area contributed by atoms with Gasteiger partial charge in [-0.2, -0.15) is 0 Å². The van der Waals surface area contributed by atoms with E-state index in [4.69, 9.17) is 6.58 Å². The first-order valence-corrected chi connectivity index (χ1v) is 17.0. The van der Waals surface area contributed by atoms with E-state index in [1.54, 1.807) is 0 Å². The molecule has 0 fully saturated rings. The molecular formula is C37H46N2Si. The zero-order chi connectivity index (χ0) is 28.9. The van der Waals surface area contributed by atoms with Crippen LogP contribution in [-0.2, 0) is 0 Å². The molecule has 2 nitrogen and oxygen atoms in total. The van der Waals surface area contributed by atoms with E-state index in [0.29, 0.717) is 23.7 Å². The lowest BCUT2D eigenvalue weighted by molar-refractivity contribution is 0.823. The Morgan fingerprint density at radius 1 is 0.575 bits per heavy atom. The van der Waals surface area contributed by atoms with Crippen LogP contribution in [0.4, 0.5) is 11.4 Å². The van der Waals surface area contributed by atoms with Crippen molar-refractivity contribution in [1.29, 1.82) is 0 Å². The van der Waals surface area contributed by atoms with Crippen LogP contribution < -0.4 is 9.13 Å². The van der Waals surface area contributed by atoms with Gasteiger partial charge in [-0.05, 0) is 75.4 Å². The van der Waals surface area contributed by atoms with Crippen LogP contribution in [0, 0.1) is 0 Å². The van der Waals surface area contributed by atoms with Gasteiger partial charge in [-0.15, -0.1) is 0 Å². The average Bonchev–Trinajstić information content (AvgIpc) is 3.63. The molecule has 208 valence electrons. The Morgan fingerprint density at radius 2 is 1.00 bits per heavy atom. The number of rotatable bonds is 7. The molecule has 0 radical (unpaired) electrons. The number of anilines is 2. The molecular weight excluding hydrogens is 501 g/mol. The Labute approximate surface area is 243 Å². The summed E-state index contributed by atoms with van der Waals surface area (Å²) in [6.07, 6.45) is 2.33. The lowest BCUT2D eigenvalue weighted by Crippen LogP contribution is -2.61. The third kappa shape index (κ3) is 4.49. The summed E-state index contributed by atoms with van der Waals surface area (Å²) in [6, 6.07) is 24.9. The maximum Gasteiger partial charge on any atom is 0.332 e. The van der Waals surface area contributed by atoms with Gasteiger partial charge in [-0.25, -0.2) is 0 Å². The predicted octanol–water partition coefficient (Wildman–Crippen LogP) is 10.5. The third-order valence-electron chi connectivity index (χ3n) is 8.57. The monoisotopic (exact) mass is 546 g/mol. The third-order valence-corrected chi connectivity index (χ3v) is 12.6. The van der Waals surface area contributed by atoms with Crippen molar-refractivity contribution in [2.45, 2.75) is 86.0 Å². The molecule has 0 amide bonds. The van der Waals surface area contributed by atoms with E-state index in [-0.39, 0.29) is 0 Å². The molecule has 2 aliphatic heterocycles. The second-order valence-electron chi connectivity index (χ2n) is 12.8. The predicted molar refractivity (Wildman–Crippen MR) is 177 cm³/mol. The van der Waals surface area contributed by atoms with Crippen LogP contribution in [0.1, 0.15) is 114 Å². The Balaban J connectivity index is 1.87. The second-order valence-corrected chi connectivity index (χ2v) is 16.0. The molecule has 2 heterocycles. The Morgan fingerprint density at radius 3 is 1.43 bits per heavy atom. The van der Waals surface area contributed by atoms with Gasteiger partial charge in [0.2, 0.25) is 0 Å². The van der Waals surface area contributed by atoms with Crippen LogP contribution in [0.2, 0.25) is 0 Å². The lowest BCUT2D eigenvalue weighted by Gasteiger charge is -2.50. The van der Waals surface area contributed by atoms with Crippen molar-refractivity contribution in [3.05, 3.63) is 124 Å². The minimum atomic E-state index is -2.60. The maximum atomic E-state index is 4.75. The van der Waals surface area contributed by atoms with Crippen molar-refractivity contribution in [2.75, 3.05) is 9.13 Å². The molecule has 1 spiro atoms. The van der Waals surface area contributed by atoms with E-state index in [9.17, 15) is 0 Å². The van der Waals surface area contributed by atoms with Gasteiger partial charge in [0.15, 0.2) is 0 Å². The van der Waals surface area contributed by atoms with Crippen LogP contribution >= 0.6 is 0 Å². The number of nitrogens with zero attached hydrogens (tertiary/aromatic N) is 2. The van der Waals surface area contributed by atoms with Gasteiger partial charge in [-0.1, -0.05) is 129 Å². The fraction of sp³-hybridized carbons (Fsp3) is 0.351. The van der Waals surface area contributed by atoms with Gasteiger partial charge < -0.3 is 9.13 Å². The largest absolute Gasteiger partial charge is 0.347 e. The Kier molecular flexibility index (Phi) is 7.48. The van der Waals surface area contributed by atoms with E-state index in [1.807, 2.05) is 0 Å². The van der Waals surface area contributed by atoms with Gasteiger partial charge in [0, 0.05) is 22.8 Å². The standard InChI is InChI=1S/C37H46N2Si/c1-24(2)31-18-14-19-32(25(3)4)36(31)38-28(9)22-29(10)39(40(38)23-35(40)30-16-12-11-13-17-30)37-33(26(5)6)20-15-21-34(37)27(7)8/h11-27H,9H2,1-8,10H3/t40-/m1/s1. The minimum Gasteiger partial charge on any atom is -0.347 e. The molecule has 2 aliphatic rings. The van der Waals surface area contributed by atoms with Crippen molar-refractivity contribution in [3.8, 4) is 0 Å². The van der Waals surface area contributed by atoms with Crippen LogP contribution in [0.15, 0.2) is 96.5 Å². The maximum absolute atomic E-state index is 4.75. The molecule has 40 heavy (non-hydrogen) atoms. The molecule has 0 N–H and O–H groups in total. The average molecular weight is 547 g/mol. The van der Waals surface area contributed by atoms with Gasteiger partial charge in [-0.3, -0.25) is 0 Å². The first-order valence-electron chi connectivity index (χ1n) is 15.0. The summed E-state index contributed by atoms with van der Waals surface area (Å²) in [4.78, 5) is 0. The van der Waals surface area contributed by atoms with Crippen LogP contribution in [0.5, 0.6) is 0 Å². The van der Waals surface area contributed by atoms with Crippen molar-refractivity contribution in [3.63, 3.8) is 0 Å². The second kappa shape index (κ2) is 10.6. The minimum absolute atomic E-state index is 0.404. The Hall–Kier alpha value is -3.30. The van der Waals surface area contributed by atoms with Crippen molar-refractivity contribution >= 4 is 25.0 Å². The summed E-state index contributed by atoms with van der Waals surface area (Å²) in [5, 5.41) is 1.48. The highest BCUT2D eigenvalue weighted by atomic mass is 28.4. The van der Waals surface area contributed by atoms with E-state index in [2.05, 4.69) is 150 Å². The number of benzene rings is 3. The van der Waals surface area contributed by atoms with E-state index < -0.39 is 8.40 Å². The van der Waals surface area contributed by atoms with Gasteiger partial charge >= 0.3 is 8.40 Å². The number of para-hydroxylation sites is 2. The molecule has 0 saturated carbocycles. The lowest BCUT2D eigenvalue weighted by atomic mass is 9.92. The molecule has 3 aromatic rings. The van der Waals surface area contributed by atoms with Crippen molar-refractivity contribution in [2.24, 2.45) is 0 Å². The summed E-state index contributed by atoms with van der Waals surface area (Å²) in [5.41, 5.74) is 14.8. The summed E-state index contributed by atoms with van der Waals surface area (Å²) >= 11 is 0. The number of hydrogen-bond acceptors (Lipinski definition) is 2.